The van der Waals surface area contributed by atoms with Crippen molar-refractivity contribution in [2.24, 2.45) is 0 Å². The minimum Gasteiger partial charge on any atom is -0.497 e. The molecule has 144 valence electrons. The van der Waals surface area contributed by atoms with Crippen molar-refractivity contribution >= 4 is 11.8 Å². The van der Waals surface area contributed by atoms with Gasteiger partial charge in [0.1, 0.15) is 11.5 Å². The van der Waals surface area contributed by atoms with Crippen molar-refractivity contribution < 1.29 is 19.1 Å². The van der Waals surface area contributed by atoms with Crippen LogP contribution in [0.25, 0.3) is 0 Å². The number of aryl methyl sites for hydroxylation is 1. The standard InChI is InChI=1S/C21H26N2O4/c1-5-27-19-11-6-14(2)12-18(19)15(3)23-21(25)20(24)22-13-16-7-9-17(26-4)10-8-16/h6-12,15H,5,13H2,1-4H3,(H,22,24)(H,23,25). The highest BCUT2D eigenvalue weighted by Gasteiger charge is 2.19. The van der Waals surface area contributed by atoms with Gasteiger partial charge in [0.15, 0.2) is 0 Å². The lowest BCUT2D eigenvalue weighted by Crippen LogP contribution is -2.40. The second-order valence-electron chi connectivity index (χ2n) is 6.20. The molecule has 2 amide bonds. The quantitative estimate of drug-likeness (QED) is 0.735. The number of amides is 2. The first-order valence-corrected chi connectivity index (χ1v) is 8.89. The number of rotatable bonds is 7. The van der Waals surface area contributed by atoms with E-state index in [9.17, 15) is 9.59 Å². The predicted octanol–water partition coefficient (Wildman–Crippen LogP) is 2.90. The Hall–Kier alpha value is -3.02. The van der Waals surface area contributed by atoms with Crippen molar-refractivity contribution in [3.63, 3.8) is 0 Å². The molecule has 6 heteroatoms. The summed E-state index contributed by atoms with van der Waals surface area (Å²) in [5.41, 5.74) is 2.77. The van der Waals surface area contributed by atoms with Crippen LogP contribution in [0.3, 0.4) is 0 Å². The van der Waals surface area contributed by atoms with Crippen LogP contribution in [0.2, 0.25) is 0 Å². The molecule has 1 unspecified atom stereocenters. The fraction of sp³-hybridized carbons (Fsp3) is 0.333. The van der Waals surface area contributed by atoms with E-state index in [1.54, 1.807) is 19.2 Å². The van der Waals surface area contributed by atoms with E-state index >= 15 is 0 Å². The summed E-state index contributed by atoms with van der Waals surface area (Å²) >= 11 is 0. The highest BCUT2D eigenvalue weighted by molar-refractivity contribution is 6.35. The minimum absolute atomic E-state index is 0.263. The van der Waals surface area contributed by atoms with E-state index in [4.69, 9.17) is 9.47 Å². The summed E-state index contributed by atoms with van der Waals surface area (Å²) < 4.78 is 10.7. The summed E-state index contributed by atoms with van der Waals surface area (Å²) in [6.45, 7) is 6.49. The van der Waals surface area contributed by atoms with E-state index in [1.165, 1.54) is 0 Å². The Labute approximate surface area is 159 Å². The van der Waals surface area contributed by atoms with Gasteiger partial charge in [-0.25, -0.2) is 0 Å². The maximum atomic E-state index is 12.2. The lowest BCUT2D eigenvalue weighted by molar-refractivity contribution is -0.139. The lowest BCUT2D eigenvalue weighted by Gasteiger charge is -2.18. The number of methoxy groups -OCH3 is 1. The molecule has 2 aromatic rings. The molecule has 2 N–H and O–H groups in total. The van der Waals surface area contributed by atoms with Crippen LogP contribution in [0.5, 0.6) is 11.5 Å². The van der Waals surface area contributed by atoms with Gasteiger partial charge in [0.05, 0.1) is 19.8 Å². The zero-order chi connectivity index (χ0) is 19.8. The first-order valence-electron chi connectivity index (χ1n) is 8.89. The molecule has 0 aromatic heterocycles. The third-order valence-electron chi connectivity index (χ3n) is 4.10. The molecule has 27 heavy (non-hydrogen) atoms. The third-order valence-corrected chi connectivity index (χ3v) is 4.10. The zero-order valence-electron chi connectivity index (χ0n) is 16.2. The van der Waals surface area contributed by atoms with Crippen molar-refractivity contribution in [1.29, 1.82) is 0 Å². The third kappa shape index (κ3) is 5.74. The van der Waals surface area contributed by atoms with Crippen LogP contribution < -0.4 is 20.1 Å². The summed E-state index contributed by atoms with van der Waals surface area (Å²) in [4.78, 5) is 24.3. The van der Waals surface area contributed by atoms with Gasteiger partial charge in [0, 0.05) is 12.1 Å². The Bertz CT molecular complexity index is 787. The molecular formula is C21H26N2O4. The second-order valence-corrected chi connectivity index (χ2v) is 6.20. The van der Waals surface area contributed by atoms with Gasteiger partial charge in [-0.2, -0.15) is 0 Å². The maximum absolute atomic E-state index is 12.2. The van der Waals surface area contributed by atoms with E-state index < -0.39 is 11.8 Å². The average Bonchev–Trinajstić information content (AvgIpc) is 2.67. The number of benzene rings is 2. The number of nitrogens with one attached hydrogen (secondary N) is 2. The van der Waals surface area contributed by atoms with Gasteiger partial charge in [-0.1, -0.05) is 29.8 Å². The Morgan fingerprint density at radius 2 is 1.78 bits per heavy atom. The zero-order valence-corrected chi connectivity index (χ0v) is 16.2. The second kappa shape index (κ2) is 9.62. The van der Waals surface area contributed by atoms with Gasteiger partial charge < -0.3 is 20.1 Å². The Kier molecular flexibility index (Phi) is 7.23. The van der Waals surface area contributed by atoms with E-state index in [2.05, 4.69) is 10.6 Å². The van der Waals surface area contributed by atoms with Gasteiger partial charge in [-0.15, -0.1) is 0 Å². The lowest BCUT2D eigenvalue weighted by atomic mass is 10.0. The van der Waals surface area contributed by atoms with Crippen molar-refractivity contribution in [2.75, 3.05) is 13.7 Å². The van der Waals surface area contributed by atoms with Crippen LogP contribution in [-0.2, 0) is 16.1 Å². The number of hydrogen-bond donors (Lipinski definition) is 2. The van der Waals surface area contributed by atoms with Gasteiger partial charge in [0.25, 0.3) is 0 Å². The molecular weight excluding hydrogens is 344 g/mol. The minimum atomic E-state index is -0.681. The first-order chi connectivity index (χ1) is 12.9. The van der Waals surface area contributed by atoms with Crippen molar-refractivity contribution in [2.45, 2.75) is 33.4 Å². The normalized spacial score (nSPS) is 11.4. The summed E-state index contributed by atoms with van der Waals surface area (Å²) in [7, 11) is 1.59. The number of ether oxygens (including phenoxy) is 2. The molecule has 0 saturated carbocycles. The van der Waals surface area contributed by atoms with Crippen LogP contribution in [0.15, 0.2) is 42.5 Å². The smallest absolute Gasteiger partial charge is 0.309 e. The van der Waals surface area contributed by atoms with Crippen LogP contribution >= 0.6 is 0 Å². The van der Waals surface area contributed by atoms with E-state index in [-0.39, 0.29) is 12.6 Å². The molecule has 0 aliphatic carbocycles. The van der Waals surface area contributed by atoms with Crippen molar-refractivity contribution in [3.05, 3.63) is 59.2 Å². The highest BCUT2D eigenvalue weighted by atomic mass is 16.5. The number of hydrogen-bond acceptors (Lipinski definition) is 4. The molecule has 0 spiro atoms. The molecule has 1 atom stereocenters. The van der Waals surface area contributed by atoms with Crippen LogP contribution in [0.4, 0.5) is 0 Å². The SMILES string of the molecule is CCOc1ccc(C)cc1C(C)NC(=O)C(=O)NCc1ccc(OC)cc1. The van der Waals surface area contributed by atoms with Crippen molar-refractivity contribution in [1.82, 2.24) is 10.6 Å². The van der Waals surface area contributed by atoms with Crippen LogP contribution in [-0.4, -0.2) is 25.5 Å². The topological polar surface area (TPSA) is 76.7 Å². The van der Waals surface area contributed by atoms with Gasteiger partial charge in [-0.3, -0.25) is 9.59 Å². The fourth-order valence-corrected chi connectivity index (χ4v) is 2.64. The molecule has 0 aliphatic rings. The Morgan fingerprint density at radius 3 is 2.41 bits per heavy atom. The summed E-state index contributed by atoms with van der Waals surface area (Å²) in [5, 5.41) is 5.35. The molecule has 6 nitrogen and oxygen atoms in total. The van der Waals surface area contributed by atoms with Gasteiger partial charge >= 0.3 is 11.8 Å². The maximum Gasteiger partial charge on any atom is 0.309 e. The Morgan fingerprint density at radius 1 is 1.07 bits per heavy atom. The molecule has 0 fully saturated rings. The molecule has 0 radical (unpaired) electrons. The monoisotopic (exact) mass is 370 g/mol. The van der Waals surface area contributed by atoms with Gasteiger partial charge in [-0.05, 0) is 44.5 Å². The van der Waals surface area contributed by atoms with Crippen LogP contribution in [0.1, 0.15) is 36.6 Å². The summed E-state index contributed by atoms with van der Waals surface area (Å²) in [6.07, 6.45) is 0. The first kappa shape index (κ1) is 20.3. The molecule has 2 rings (SSSR count). The van der Waals surface area contributed by atoms with Crippen LogP contribution in [0, 0.1) is 6.92 Å². The van der Waals surface area contributed by atoms with E-state index in [0.29, 0.717) is 12.4 Å². The van der Waals surface area contributed by atoms with E-state index in [0.717, 1.165) is 22.4 Å². The van der Waals surface area contributed by atoms with E-state index in [1.807, 2.05) is 51.1 Å². The predicted molar refractivity (Wildman–Crippen MR) is 104 cm³/mol. The molecule has 0 bridgehead atoms. The fourth-order valence-electron chi connectivity index (χ4n) is 2.64. The molecule has 0 saturated heterocycles. The average molecular weight is 370 g/mol. The largest absolute Gasteiger partial charge is 0.497 e. The van der Waals surface area contributed by atoms with Gasteiger partial charge in [0.2, 0.25) is 0 Å². The highest BCUT2D eigenvalue weighted by Crippen LogP contribution is 2.26. The number of carbonyl (C=O) groups excluding carboxylic acids is 2. The summed E-state index contributed by atoms with van der Waals surface area (Å²) in [5.74, 6) is 0.0812. The molecule has 0 heterocycles. The molecule has 0 aliphatic heterocycles. The van der Waals surface area contributed by atoms with Crippen molar-refractivity contribution in [3.8, 4) is 11.5 Å². The number of carbonyl (C=O) groups is 2. The Balaban J connectivity index is 1.95. The molecule has 2 aromatic carbocycles. The summed E-state index contributed by atoms with van der Waals surface area (Å²) in [6, 6.07) is 12.7.